The second kappa shape index (κ2) is 8.44. The van der Waals surface area contributed by atoms with E-state index in [0.29, 0.717) is 0 Å². The van der Waals surface area contributed by atoms with Crippen molar-refractivity contribution in [3.05, 3.63) is 85.5 Å². The van der Waals surface area contributed by atoms with Gasteiger partial charge in [-0.05, 0) is 14.2 Å². The number of rotatable bonds is 6. The summed E-state index contributed by atoms with van der Waals surface area (Å²) in [6, 6.07) is 22.2. The Labute approximate surface area is 217 Å². The van der Waals surface area contributed by atoms with Crippen molar-refractivity contribution in [3.63, 3.8) is 0 Å². The number of benzene rings is 2. The highest BCUT2D eigenvalue weighted by Gasteiger charge is 2.61. The fourth-order valence-corrected chi connectivity index (χ4v) is 8.29. The van der Waals surface area contributed by atoms with Crippen molar-refractivity contribution in [1.82, 2.24) is 9.19 Å². The van der Waals surface area contributed by atoms with Crippen molar-refractivity contribution in [3.8, 4) is 0 Å². The van der Waals surface area contributed by atoms with Gasteiger partial charge in [-0.1, -0.05) is 109 Å². The summed E-state index contributed by atoms with van der Waals surface area (Å²) in [7, 11) is 0.763. The smallest absolute Gasteiger partial charge is 0.506 e. The molecule has 3 heterocycles. The van der Waals surface area contributed by atoms with Crippen LogP contribution in [-0.4, -0.2) is 52.8 Å². The molecule has 188 valence electrons. The van der Waals surface area contributed by atoms with Crippen LogP contribution in [0.15, 0.2) is 85.5 Å². The molecule has 0 radical (unpaired) electrons. The molecule has 6 nitrogen and oxygen atoms in total. The predicted molar refractivity (Wildman–Crippen MR) is 154 cm³/mol. The minimum Gasteiger partial charge on any atom is -0.506 e. The van der Waals surface area contributed by atoms with Crippen LogP contribution in [0.5, 0.6) is 0 Å². The molecule has 0 fully saturated rings. The van der Waals surface area contributed by atoms with Gasteiger partial charge in [-0.3, -0.25) is 9.19 Å². The molecule has 2 aromatic carbocycles. The van der Waals surface area contributed by atoms with Gasteiger partial charge in [-0.15, -0.1) is 0 Å². The zero-order valence-electron chi connectivity index (χ0n) is 22.8. The van der Waals surface area contributed by atoms with Gasteiger partial charge in [0, 0.05) is 24.5 Å². The van der Waals surface area contributed by atoms with Gasteiger partial charge < -0.3 is 18.5 Å². The van der Waals surface area contributed by atoms with E-state index in [9.17, 15) is 0 Å². The molecule has 0 bridgehead atoms. The van der Waals surface area contributed by atoms with Gasteiger partial charge in [-0.25, -0.2) is 0 Å². The lowest BCUT2D eigenvalue weighted by Crippen LogP contribution is -2.98. The molecule has 0 saturated carbocycles. The summed E-state index contributed by atoms with van der Waals surface area (Å²) < 4.78 is 21.9. The number of nitrogens with zero attached hydrogens (tertiary/aromatic N) is 4. The highest BCUT2D eigenvalue weighted by atomic mass is 28.3. The minimum atomic E-state index is -1.81. The summed E-state index contributed by atoms with van der Waals surface area (Å²) in [5.74, 6) is 0. The summed E-state index contributed by atoms with van der Waals surface area (Å²) in [5.41, 5.74) is 2.23. The van der Waals surface area contributed by atoms with E-state index in [1.165, 1.54) is 10.4 Å². The molecule has 4 aromatic rings. The lowest BCUT2D eigenvalue weighted by molar-refractivity contribution is -0.727. The molecule has 36 heavy (non-hydrogen) atoms. The third-order valence-electron chi connectivity index (χ3n) is 8.00. The third kappa shape index (κ3) is 3.46. The predicted octanol–water partition coefficient (Wildman–Crippen LogP) is 1.05. The molecular formula is C26H38B2N4O2Si2. The molecule has 5 rings (SSSR count). The molecule has 0 saturated heterocycles. The average molecular weight is 516 g/mol. The van der Waals surface area contributed by atoms with E-state index in [0.717, 1.165) is 10.9 Å². The summed E-state index contributed by atoms with van der Waals surface area (Å²) >= 11 is 0. The third-order valence-corrected chi connectivity index (χ3v) is 12.1. The standard InChI is InChI=1S/C26H38B2N4O2Si2/c1-33-27(23-11-15-25(16-12-23)35(3,4)5)29-19-9-21-31(29)28(34-2,32-22-10-20-30(27)32)24-13-17-26(18-14-24)36(6,7)8/h9-22H,1-8H3/t27-,28+. The quantitative estimate of drug-likeness (QED) is 0.360. The van der Waals surface area contributed by atoms with E-state index in [2.05, 4.69) is 143 Å². The van der Waals surface area contributed by atoms with Gasteiger partial charge in [0.1, 0.15) is 12.4 Å². The summed E-state index contributed by atoms with van der Waals surface area (Å²) in [4.78, 5) is 0. The molecule has 0 N–H and O–H groups in total. The summed E-state index contributed by atoms with van der Waals surface area (Å²) in [5, 5.41) is 2.87. The van der Waals surface area contributed by atoms with Crippen molar-refractivity contribution in [2.75, 3.05) is 14.2 Å². The van der Waals surface area contributed by atoms with Crippen LogP contribution < -0.4 is 30.5 Å². The zero-order chi connectivity index (χ0) is 25.9. The van der Waals surface area contributed by atoms with Gasteiger partial charge in [0.25, 0.3) is 0 Å². The molecule has 2 aromatic heterocycles. The average Bonchev–Trinajstić information content (AvgIpc) is 3.53. The topological polar surface area (TPSA) is 36.1 Å². The Morgan fingerprint density at radius 3 is 1.19 bits per heavy atom. The van der Waals surface area contributed by atoms with Crippen molar-refractivity contribution in [2.45, 2.75) is 39.3 Å². The monoisotopic (exact) mass is 516 g/mol. The van der Waals surface area contributed by atoms with Crippen LogP contribution in [0.2, 0.25) is 39.3 Å². The zero-order valence-corrected chi connectivity index (χ0v) is 24.8. The maximum absolute atomic E-state index is 6.52. The first kappa shape index (κ1) is 25.0. The van der Waals surface area contributed by atoms with E-state index in [4.69, 9.17) is 9.31 Å². The summed E-state index contributed by atoms with van der Waals surface area (Å²) in [6.45, 7) is 10.6. The Hall–Kier alpha value is -2.66. The minimum absolute atomic E-state index is 1.11. The lowest BCUT2D eigenvalue weighted by Gasteiger charge is -2.46. The maximum Gasteiger partial charge on any atom is 0.605 e. The van der Waals surface area contributed by atoms with Gasteiger partial charge in [0.2, 0.25) is 0 Å². The Kier molecular flexibility index (Phi) is 5.87. The molecule has 0 aliphatic carbocycles. The van der Waals surface area contributed by atoms with Crippen LogP contribution in [-0.2, 0) is 9.31 Å². The maximum atomic E-state index is 6.52. The first-order chi connectivity index (χ1) is 17.0. The van der Waals surface area contributed by atoms with Crippen LogP contribution >= 0.6 is 0 Å². The first-order valence-corrected chi connectivity index (χ1v) is 19.8. The molecule has 0 atom stereocenters. The van der Waals surface area contributed by atoms with Gasteiger partial charge in [0.15, 0.2) is 0 Å². The Morgan fingerprint density at radius 2 is 0.917 bits per heavy atom. The Balaban J connectivity index is 1.75. The van der Waals surface area contributed by atoms with Gasteiger partial charge in [0.05, 0.1) is 16.1 Å². The first-order valence-electron chi connectivity index (χ1n) is 12.8. The highest BCUT2D eigenvalue weighted by molar-refractivity contribution is 6.89. The Bertz CT molecular complexity index is 1240. The SMILES string of the molecule is CO[B@-]1(c2ccc([Si](C)(C)C)cc2)n2ccc[n+]2[B@@-](OC)(c2ccc([Si](C)(C)C)cc2)n2ccc[n+]21. The van der Waals surface area contributed by atoms with Crippen molar-refractivity contribution >= 4 is 50.7 Å². The van der Waals surface area contributed by atoms with Crippen molar-refractivity contribution in [2.24, 2.45) is 0 Å². The van der Waals surface area contributed by atoms with Crippen LogP contribution in [0.25, 0.3) is 0 Å². The van der Waals surface area contributed by atoms with E-state index >= 15 is 0 Å². The van der Waals surface area contributed by atoms with Crippen LogP contribution in [0.4, 0.5) is 0 Å². The largest absolute Gasteiger partial charge is 0.605 e. The fraction of sp³-hybridized carbons (Fsp3) is 0.308. The fourth-order valence-electron chi connectivity index (χ4n) is 5.95. The number of hydrogen-bond donors (Lipinski definition) is 0. The number of fused-ring (bicyclic) bond motifs is 2. The van der Waals surface area contributed by atoms with Crippen molar-refractivity contribution in [1.29, 1.82) is 0 Å². The van der Waals surface area contributed by atoms with Crippen LogP contribution in [0.1, 0.15) is 0 Å². The van der Waals surface area contributed by atoms with E-state index < -0.39 is 29.4 Å². The van der Waals surface area contributed by atoms with Crippen LogP contribution in [0, 0.1) is 0 Å². The molecular weight excluding hydrogens is 478 g/mol. The van der Waals surface area contributed by atoms with E-state index in [1.807, 2.05) is 0 Å². The molecule has 0 unspecified atom stereocenters. The molecule has 1 aliphatic heterocycles. The Morgan fingerprint density at radius 1 is 0.583 bits per heavy atom. The van der Waals surface area contributed by atoms with Gasteiger partial charge in [-0.2, -0.15) is 0 Å². The van der Waals surface area contributed by atoms with E-state index in [-0.39, 0.29) is 0 Å². The van der Waals surface area contributed by atoms with Crippen LogP contribution in [0.3, 0.4) is 0 Å². The molecule has 0 amide bonds. The second-order valence-electron chi connectivity index (χ2n) is 12.1. The second-order valence-corrected chi connectivity index (χ2v) is 22.3. The molecule has 10 heteroatoms. The van der Waals surface area contributed by atoms with Crippen molar-refractivity contribution < 1.29 is 18.5 Å². The summed E-state index contributed by atoms with van der Waals surface area (Å²) in [6.07, 6.45) is 8.41. The van der Waals surface area contributed by atoms with Gasteiger partial charge >= 0.3 is 13.2 Å². The highest BCUT2D eigenvalue weighted by Crippen LogP contribution is 2.15. The normalized spacial score (nSPS) is 21.8. The van der Waals surface area contributed by atoms with E-state index in [1.54, 1.807) is 14.2 Å². The number of hydrogen-bond acceptors (Lipinski definition) is 2. The molecule has 0 spiro atoms. The number of aromatic nitrogens is 4. The lowest BCUT2D eigenvalue weighted by atomic mass is 9.52. The molecule has 1 aliphatic rings.